The zero-order chi connectivity index (χ0) is 12.3. The topological polar surface area (TPSA) is 58.1 Å². The maximum atomic E-state index is 12.3. The van der Waals surface area contributed by atoms with Gasteiger partial charge in [-0.3, -0.25) is 19.7 Å². The largest absolute Gasteiger partial charge is 0.357 e. The molecule has 1 aliphatic heterocycles. The Kier molecular flexibility index (Phi) is 3.38. The minimum atomic E-state index is -0.627. The van der Waals surface area contributed by atoms with E-state index < -0.39 is 5.54 Å². The average molecular weight is 234 g/mol. The number of carbonyl (C=O) groups excluding carboxylic acids is 1. The lowest BCUT2D eigenvalue weighted by Crippen LogP contribution is -2.52. The van der Waals surface area contributed by atoms with Gasteiger partial charge in [-0.15, -0.1) is 0 Å². The van der Waals surface area contributed by atoms with E-state index in [0.29, 0.717) is 0 Å². The van der Waals surface area contributed by atoms with Gasteiger partial charge in [-0.05, 0) is 25.9 Å². The lowest BCUT2D eigenvalue weighted by Gasteiger charge is -2.35. The number of nitrogens with one attached hydrogen (secondary N) is 1. The number of likely N-dealkylation sites (tertiary alicyclic amines) is 1. The van der Waals surface area contributed by atoms with Gasteiger partial charge in [0.05, 0.1) is 11.9 Å². The molecule has 0 spiro atoms. The first-order valence-corrected chi connectivity index (χ1v) is 5.99. The molecule has 0 bridgehead atoms. The maximum Gasteiger partial charge on any atom is 0.246 e. The van der Waals surface area contributed by atoms with Crippen LogP contribution in [-0.4, -0.2) is 40.9 Å². The lowest BCUT2D eigenvalue weighted by molar-refractivity contribution is -0.132. The summed E-state index contributed by atoms with van der Waals surface area (Å²) in [6.45, 7) is 3.84. The number of aromatic nitrogens is 2. The van der Waals surface area contributed by atoms with Crippen molar-refractivity contribution in [1.82, 2.24) is 20.2 Å². The highest BCUT2D eigenvalue weighted by Gasteiger charge is 2.49. The number of carbonyl (C=O) groups is 1. The van der Waals surface area contributed by atoms with E-state index in [9.17, 15) is 4.79 Å². The van der Waals surface area contributed by atoms with E-state index in [1.165, 1.54) is 0 Å². The molecule has 17 heavy (non-hydrogen) atoms. The van der Waals surface area contributed by atoms with Crippen molar-refractivity contribution >= 4 is 5.91 Å². The van der Waals surface area contributed by atoms with Crippen LogP contribution in [0.2, 0.25) is 0 Å². The van der Waals surface area contributed by atoms with Crippen LogP contribution in [-0.2, 0) is 10.3 Å². The highest BCUT2D eigenvalue weighted by molar-refractivity contribution is 5.87. The molecule has 5 heteroatoms. The van der Waals surface area contributed by atoms with Crippen LogP contribution in [0.5, 0.6) is 0 Å². The molecule has 1 aromatic rings. The van der Waals surface area contributed by atoms with Gasteiger partial charge >= 0.3 is 0 Å². The number of amides is 1. The molecule has 2 heterocycles. The van der Waals surface area contributed by atoms with Crippen molar-refractivity contribution < 1.29 is 4.79 Å². The molecular formula is C12H18N4O. The predicted octanol–water partition coefficient (Wildman–Crippen LogP) is 0.534. The molecule has 1 N–H and O–H groups in total. The van der Waals surface area contributed by atoms with Gasteiger partial charge in [-0.1, -0.05) is 6.92 Å². The monoisotopic (exact) mass is 234 g/mol. The molecule has 0 saturated carbocycles. The van der Waals surface area contributed by atoms with E-state index >= 15 is 0 Å². The van der Waals surface area contributed by atoms with E-state index in [4.69, 9.17) is 0 Å². The maximum absolute atomic E-state index is 12.3. The summed E-state index contributed by atoms with van der Waals surface area (Å²) in [5, 5.41) is 2.76. The van der Waals surface area contributed by atoms with Gasteiger partial charge in [0, 0.05) is 19.4 Å². The molecule has 2 rings (SSSR count). The third-order valence-electron chi connectivity index (χ3n) is 3.48. The standard InChI is InChI=1S/C12H18N4O/c1-3-16-8-4-5-12(16,11(17)13-2)10-9-14-6-7-15-10/h6-7,9H,3-5,8H2,1-2H3,(H,13,17)/t12-/m0/s1. The van der Waals surface area contributed by atoms with E-state index in [-0.39, 0.29) is 5.91 Å². The smallest absolute Gasteiger partial charge is 0.246 e. The van der Waals surface area contributed by atoms with Crippen LogP contribution in [0.15, 0.2) is 18.6 Å². The summed E-state index contributed by atoms with van der Waals surface area (Å²) in [7, 11) is 1.67. The van der Waals surface area contributed by atoms with E-state index in [0.717, 1.165) is 31.6 Å². The molecule has 5 nitrogen and oxygen atoms in total. The third kappa shape index (κ3) is 1.80. The summed E-state index contributed by atoms with van der Waals surface area (Å²) in [6.07, 6.45) is 6.79. The molecule has 1 aliphatic rings. The van der Waals surface area contributed by atoms with Crippen LogP contribution in [0.1, 0.15) is 25.5 Å². The number of likely N-dealkylation sites (N-methyl/N-ethyl adjacent to an activating group) is 2. The predicted molar refractivity (Wildman–Crippen MR) is 64.3 cm³/mol. The molecule has 1 aromatic heterocycles. The highest BCUT2D eigenvalue weighted by Crippen LogP contribution is 2.37. The van der Waals surface area contributed by atoms with Crippen LogP contribution in [0.25, 0.3) is 0 Å². The molecule has 1 amide bonds. The van der Waals surface area contributed by atoms with E-state index in [1.54, 1.807) is 25.6 Å². The molecule has 92 valence electrons. The van der Waals surface area contributed by atoms with Crippen LogP contribution >= 0.6 is 0 Å². The second-order valence-corrected chi connectivity index (χ2v) is 4.21. The van der Waals surface area contributed by atoms with Crippen LogP contribution in [0.3, 0.4) is 0 Å². The summed E-state index contributed by atoms with van der Waals surface area (Å²) >= 11 is 0. The fourth-order valence-electron chi connectivity index (χ4n) is 2.69. The van der Waals surface area contributed by atoms with Gasteiger partial charge in [0.2, 0.25) is 5.91 Å². The summed E-state index contributed by atoms with van der Waals surface area (Å²) in [5.41, 5.74) is 0.122. The molecule has 0 radical (unpaired) electrons. The molecule has 0 aliphatic carbocycles. The van der Waals surface area contributed by atoms with Crippen LogP contribution in [0.4, 0.5) is 0 Å². The Labute approximate surface area is 101 Å². The second-order valence-electron chi connectivity index (χ2n) is 4.21. The van der Waals surface area contributed by atoms with Crippen LogP contribution in [0, 0.1) is 0 Å². The Balaban J connectivity index is 2.48. The lowest BCUT2D eigenvalue weighted by atomic mass is 9.91. The second kappa shape index (κ2) is 4.79. The quantitative estimate of drug-likeness (QED) is 0.829. The van der Waals surface area contributed by atoms with Crippen molar-refractivity contribution in [3.05, 3.63) is 24.3 Å². The van der Waals surface area contributed by atoms with E-state index in [1.807, 2.05) is 0 Å². The Hall–Kier alpha value is -1.49. The SMILES string of the molecule is CCN1CCC[C@@]1(C(=O)NC)c1cnccn1. The minimum Gasteiger partial charge on any atom is -0.357 e. The van der Waals surface area contributed by atoms with Crippen molar-refractivity contribution in [1.29, 1.82) is 0 Å². The number of rotatable bonds is 3. The summed E-state index contributed by atoms with van der Waals surface area (Å²) in [6, 6.07) is 0. The highest BCUT2D eigenvalue weighted by atomic mass is 16.2. The number of hydrogen-bond acceptors (Lipinski definition) is 4. The Morgan fingerprint density at radius 3 is 3.00 bits per heavy atom. The van der Waals surface area contributed by atoms with Gasteiger partial charge in [-0.2, -0.15) is 0 Å². The number of nitrogens with zero attached hydrogens (tertiary/aromatic N) is 3. The first kappa shape index (κ1) is 12.0. The minimum absolute atomic E-state index is 0.0114. The summed E-state index contributed by atoms with van der Waals surface area (Å²) < 4.78 is 0. The molecule has 1 fully saturated rings. The average Bonchev–Trinajstić information content (AvgIpc) is 2.83. The first-order chi connectivity index (χ1) is 8.25. The van der Waals surface area contributed by atoms with Crippen LogP contribution < -0.4 is 5.32 Å². The summed E-state index contributed by atoms with van der Waals surface area (Å²) in [4.78, 5) is 22.9. The van der Waals surface area contributed by atoms with Crippen molar-refractivity contribution in [3.63, 3.8) is 0 Å². The fourth-order valence-corrected chi connectivity index (χ4v) is 2.69. The van der Waals surface area contributed by atoms with Gasteiger partial charge < -0.3 is 5.32 Å². The first-order valence-electron chi connectivity index (χ1n) is 5.99. The number of hydrogen-bond donors (Lipinski definition) is 1. The van der Waals surface area contributed by atoms with Crippen molar-refractivity contribution in [2.45, 2.75) is 25.3 Å². The zero-order valence-corrected chi connectivity index (χ0v) is 10.3. The van der Waals surface area contributed by atoms with E-state index in [2.05, 4.69) is 27.1 Å². The molecule has 0 aromatic carbocycles. The molecule has 1 saturated heterocycles. The fraction of sp³-hybridized carbons (Fsp3) is 0.583. The molecular weight excluding hydrogens is 216 g/mol. The van der Waals surface area contributed by atoms with Gasteiger partial charge in [0.15, 0.2) is 0 Å². The van der Waals surface area contributed by atoms with Gasteiger partial charge in [0.25, 0.3) is 0 Å². The Morgan fingerprint density at radius 1 is 1.59 bits per heavy atom. The summed E-state index contributed by atoms with van der Waals surface area (Å²) in [5.74, 6) is 0.0114. The van der Waals surface area contributed by atoms with Crippen molar-refractivity contribution in [3.8, 4) is 0 Å². The van der Waals surface area contributed by atoms with Gasteiger partial charge in [0.1, 0.15) is 5.54 Å². The Morgan fingerprint density at radius 2 is 2.41 bits per heavy atom. The van der Waals surface area contributed by atoms with Crippen molar-refractivity contribution in [2.24, 2.45) is 0 Å². The third-order valence-corrected chi connectivity index (χ3v) is 3.48. The van der Waals surface area contributed by atoms with Gasteiger partial charge in [-0.25, -0.2) is 0 Å². The normalized spacial score (nSPS) is 24.8. The van der Waals surface area contributed by atoms with Crippen molar-refractivity contribution in [2.75, 3.05) is 20.1 Å². The molecule has 0 unspecified atom stereocenters. The zero-order valence-electron chi connectivity index (χ0n) is 10.3. The Bertz CT molecular complexity index is 395. The molecule has 1 atom stereocenters.